The lowest BCUT2D eigenvalue weighted by molar-refractivity contribution is 0.0306. The normalized spacial score (nSPS) is 20.6. The van der Waals surface area contributed by atoms with E-state index in [1.807, 2.05) is 0 Å². The van der Waals surface area contributed by atoms with Gasteiger partial charge in [-0.1, -0.05) is 13.8 Å². The Balaban J connectivity index is 2.17. The van der Waals surface area contributed by atoms with Crippen LogP contribution in [0.3, 0.4) is 0 Å². The lowest BCUT2D eigenvalue weighted by atomic mass is 10.2. The summed E-state index contributed by atoms with van der Waals surface area (Å²) < 4.78 is 5.56. The van der Waals surface area contributed by atoms with Crippen LogP contribution in [-0.2, 0) is 4.74 Å². The zero-order chi connectivity index (χ0) is 10.4. The van der Waals surface area contributed by atoms with Gasteiger partial charge in [0.15, 0.2) is 0 Å². The average Bonchev–Trinajstić information content (AvgIpc) is 2.64. The fourth-order valence-electron chi connectivity index (χ4n) is 1.82. The SMILES string of the molecule is CC(C)COC[C@@H](CO)N1CCCC1. The molecule has 14 heavy (non-hydrogen) atoms. The Labute approximate surface area is 87.1 Å². The third-order valence-corrected chi connectivity index (χ3v) is 2.63. The quantitative estimate of drug-likeness (QED) is 0.699. The molecule has 0 bridgehead atoms. The maximum Gasteiger partial charge on any atom is 0.0644 e. The van der Waals surface area contributed by atoms with E-state index in [1.54, 1.807) is 0 Å². The van der Waals surface area contributed by atoms with E-state index < -0.39 is 0 Å². The summed E-state index contributed by atoms with van der Waals surface area (Å²) in [5.74, 6) is 0.577. The summed E-state index contributed by atoms with van der Waals surface area (Å²) in [5.41, 5.74) is 0. The monoisotopic (exact) mass is 201 g/mol. The van der Waals surface area contributed by atoms with Crippen molar-refractivity contribution >= 4 is 0 Å². The van der Waals surface area contributed by atoms with Crippen LogP contribution in [0.25, 0.3) is 0 Å². The second kappa shape index (κ2) is 6.38. The predicted molar refractivity (Wildman–Crippen MR) is 57.3 cm³/mol. The van der Waals surface area contributed by atoms with Crippen molar-refractivity contribution in [1.82, 2.24) is 4.90 Å². The Morgan fingerprint density at radius 2 is 1.86 bits per heavy atom. The van der Waals surface area contributed by atoms with Gasteiger partial charge in [-0.05, 0) is 31.8 Å². The first-order valence-electron chi connectivity index (χ1n) is 5.66. The second-order valence-corrected chi connectivity index (χ2v) is 4.51. The van der Waals surface area contributed by atoms with Crippen molar-refractivity contribution in [2.24, 2.45) is 5.92 Å². The predicted octanol–water partition coefficient (Wildman–Crippen LogP) is 1.12. The molecule has 0 radical (unpaired) electrons. The van der Waals surface area contributed by atoms with E-state index in [-0.39, 0.29) is 12.6 Å². The van der Waals surface area contributed by atoms with E-state index in [4.69, 9.17) is 4.74 Å². The Hall–Kier alpha value is -0.120. The summed E-state index contributed by atoms with van der Waals surface area (Å²) in [4.78, 5) is 2.33. The van der Waals surface area contributed by atoms with Crippen LogP contribution in [0.5, 0.6) is 0 Å². The van der Waals surface area contributed by atoms with E-state index in [0.717, 1.165) is 19.7 Å². The third-order valence-electron chi connectivity index (χ3n) is 2.63. The topological polar surface area (TPSA) is 32.7 Å². The maximum atomic E-state index is 9.23. The van der Waals surface area contributed by atoms with Crippen molar-refractivity contribution in [3.8, 4) is 0 Å². The van der Waals surface area contributed by atoms with Crippen LogP contribution < -0.4 is 0 Å². The molecule has 1 rings (SSSR count). The molecule has 1 heterocycles. The molecule has 84 valence electrons. The number of aliphatic hydroxyl groups is 1. The van der Waals surface area contributed by atoms with Gasteiger partial charge >= 0.3 is 0 Å². The molecule has 1 aliphatic rings. The van der Waals surface area contributed by atoms with Gasteiger partial charge in [0.2, 0.25) is 0 Å². The van der Waals surface area contributed by atoms with Crippen LogP contribution in [0.2, 0.25) is 0 Å². The minimum absolute atomic E-state index is 0.219. The fourth-order valence-corrected chi connectivity index (χ4v) is 1.82. The highest BCUT2D eigenvalue weighted by atomic mass is 16.5. The minimum Gasteiger partial charge on any atom is -0.395 e. The van der Waals surface area contributed by atoms with Crippen molar-refractivity contribution in [3.05, 3.63) is 0 Å². The Morgan fingerprint density at radius 1 is 1.21 bits per heavy atom. The Kier molecular flexibility index (Phi) is 5.45. The maximum absolute atomic E-state index is 9.23. The lowest BCUT2D eigenvalue weighted by Gasteiger charge is -2.25. The first-order valence-corrected chi connectivity index (χ1v) is 5.66. The van der Waals surface area contributed by atoms with E-state index in [2.05, 4.69) is 18.7 Å². The molecule has 1 atom stereocenters. The van der Waals surface area contributed by atoms with E-state index >= 15 is 0 Å². The highest BCUT2D eigenvalue weighted by Crippen LogP contribution is 2.11. The summed E-state index contributed by atoms with van der Waals surface area (Å²) in [7, 11) is 0. The summed E-state index contributed by atoms with van der Waals surface area (Å²) in [6.45, 7) is 8.22. The zero-order valence-corrected chi connectivity index (χ0v) is 9.41. The molecule has 0 unspecified atom stereocenters. The molecule has 0 aromatic carbocycles. The molecule has 0 aliphatic carbocycles. The molecular weight excluding hydrogens is 178 g/mol. The number of likely N-dealkylation sites (tertiary alicyclic amines) is 1. The zero-order valence-electron chi connectivity index (χ0n) is 9.41. The Bertz CT molecular complexity index is 144. The van der Waals surface area contributed by atoms with Gasteiger partial charge in [0.1, 0.15) is 0 Å². The number of ether oxygens (including phenoxy) is 1. The molecule has 1 saturated heterocycles. The van der Waals surface area contributed by atoms with Gasteiger partial charge in [0.25, 0.3) is 0 Å². The molecule has 3 heteroatoms. The Morgan fingerprint density at radius 3 is 2.36 bits per heavy atom. The van der Waals surface area contributed by atoms with E-state index in [9.17, 15) is 5.11 Å². The molecule has 1 fully saturated rings. The van der Waals surface area contributed by atoms with Crippen LogP contribution in [-0.4, -0.2) is 49.0 Å². The first-order chi connectivity index (χ1) is 6.74. The van der Waals surface area contributed by atoms with E-state index in [0.29, 0.717) is 12.5 Å². The van der Waals surface area contributed by atoms with Crippen molar-refractivity contribution in [2.45, 2.75) is 32.7 Å². The minimum atomic E-state index is 0.219. The summed E-state index contributed by atoms with van der Waals surface area (Å²) in [6, 6.07) is 0.219. The van der Waals surface area contributed by atoms with Crippen LogP contribution in [0.4, 0.5) is 0 Å². The molecule has 0 aromatic heterocycles. The van der Waals surface area contributed by atoms with E-state index in [1.165, 1.54) is 12.8 Å². The van der Waals surface area contributed by atoms with Gasteiger partial charge in [0.05, 0.1) is 19.3 Å². The molecule has 0 saturated carbocycles. The lowest BCUT2D eigenvalue weighted by Crippen LogP contribution is -2.39. The second-order valence-electron chi connectivity index (χ2n) is 4.51. The highest BCUT2D eigenvalue weighted by Gasteiger charge is 2.21. The first kappa shape index (κ1) is 12.0. The molecule has 0 amide bonds. The molecule has 3 nitrogen and oxygen atoms in total. The highest BCUT2D eigenvalue weighted by molar-refractivity contribution is 4.75. The molecule has 1 N–H and O–H groups in total. The smallest absolute Gasteiger partial charge is 0.0644 e. The summed E-state index contributed by atoms with van der Waals surface area (Å²) in [6.07, 6.45) is 2.53. The summed E-state index contributed by atoms with van der Waals surface area (Å²) >= 11 is 0. The van der Waals surface area contributed by atoms with Gasteiger partial charge < -0.3 is 9.84 Å². The van der Waals surface area contributed by atoms with Crippen LogP contribution in [0.1, 0.15) is 26.7 Å². The third kappa shape index (κ3) is 3.95. The van der Waals surface area contributed by atoms with Crippen molar-refractivity contribution < 1.29 is 9.84 Å². The fraction of sp³-hybridized carbons (Fsp3) is 1.00. The molecule has 1 aliphatic heterocycles. The van der Waals surface area contributed by atoms with Gasteiger partial charge in [-0.3, -0.25) is 4.90 Å². The van der Waals surface area contributed by atoms with Crippen molar-refractivity contribution in [2.75, 3.05) is 32.9 Å². The molecular formula is C11H23NO2. The number of hydrogen-bond donors (Lipinski definition) is 1. The van der Waals surface area contributed by atoms with Crippen molar-refractivity contribution in [1.29, 1.82) is 0 Å². The van der Waals surface area contributed by atoms with Crippen molar-refractivity contribution in [3.63, 3.8) is 0 Å². The van der Waals surface area contributed by atoms with Crippen LogP contribution in [0.15, 0.2) is 0 Å². The van der Waals surface area contributed by atoms with Gasteiger partial charge in [-0.15, -0.1) is 0 Å². The van der Waals surface area contributed by atoms with Gasteiger partial charge in [-0.2, -0.15) is 0 Å². The number of nitrogens with zero attached hydrogens (tertiary/aromatic N) is 1. The van der Waals surface area contributed by atoms with Crippen LogP contribution in [0, 0.1) is 5.92 Å². The average molecular weight is 201 g/mol. The largest absolute Gasteiger partial charge is 0.395 e. The summed E-state index contributed by atoms with van der Waals surface area (Å²) in [5, 5.41) is 9.23. The number of hydrogen-bond acceptors (Lipinski definition) is 3. The van der Waals surface area contributed by atoms with Gasteiger partial charge in [-0.25, -0.2) is 0 Å². The number of rotatable bonds is 6. The molecule has 0 aromatic rings. The van der Waals surface area contributed by atoms with Gasteiger partial charge in [0, 0.05) is 6.61 Å². The standard InChI is InChI=1S/C11H23NO2/c1-10(2)8-14-9-11(7-13)12-5-3-4-6-12/h10-11,13H,3-9H2,1-2H3/t11-/m1/s1. The number of aliphatic hydroxyl groups excluding tert-OH is 1. The molecule has 0 spiro atoms. The van der Waals surface area contributed by atoms with Crippen LogP contribution >= 0.6 is 0 Å².